The van der Waals surface area contributed by atoms with Gasteiger partial charge in [-0.3, -0.25) is 24.1 Å². The molecule has 122 valence electrons. The smallest absolute Gasteiger partial charge is 0.326 e. The number of fused-ring (bicyclic) bond motifs is 1. The van der Waals surface area contributed by atoms with Crippen molar-refractivity contribution in [1.82, 2.24) is 10.2 Å². The van der Waals surface area contributed by atoms with Gasteiger partial charge < -0.3 is 10.1 Å². The van der Waals surface area contributed by atoms with Gasteiger partial charge >= 0.3 is 5.97 Å². The maximum Gasteiger partial charge on any atom is 0.326 e. The quantitative estimate of drug-likeness (QED) is 0.617. The van der Waals surface area contributed by atoms with E-state index in [0.717, 1.165) is 11.3 Å². The van der Waals surface area contributed by atoms with Gasteiger partial charge in [0.15, 0.2) is 6.61 Å². The van der Waals surface area contributed by atoms with Gasteiger partial charge in [-0.1, -0.05) is 19.1 Å². The minimum Gasteiger partial charge on any atom is -0.454 e. The second-order valence-corrected chi connectivity index (χ2v) is 5.28. The molecule has 1 aromatic rings. The Balaban J connectivity index is 1.88. The number of carbonyl (C=O) groups excluding carboxylic acids is 4. The third-order valence-corrected chi connectivity index (χ3v) is 3.55. The molecule has 7 heteroatoms. The topological polar surface area (TPSA) is 92.8 Å². The Morgan fingerprint density at radius 2 is 1.74 bits per heavy atom. The fourth-order valence-electron chi connectivity index (χ4n) is 2.12. The Kier molecular flexibility index (Phi) is 5.10. The Morgan fingerprint density at radius 3 is 2.26 bits per heavy atom. The van der Waals surface area contributed by atoms with Crippen molar-refractivity contribution < 1.29 is 23.9 Å². The average Bonchev–Trinajstić information content (AvgIpc) is 2.78. The summed E-state index contributed by atoms with van der Waals surface area (Å²) in [5.74, 6) is -2.30. The zero-order valence-electron chi connectivity index (χ0n) is 13.0. The minimum absolute atomic E-state index is 0.0163. The molecule has 0 saturated heterocycles. The Labute approximate surface area is 133 Å². The number of esters is 1. The molecule has 2 rings (SSSR count). The lowest BCUT2D eigenvalue weighted by Gasteiger charge is -2.14. The van der Waals surface area contributed by atoms with Crippen LogP contribution >= 0.6 is 0 Å². The Bertz CT molecular complexity index is 621. The second kappa shape index (κ2) is 7.04. The number of ether oxygens (including phenoxy) is 1. The van der Waals surface area contributed by atoms with Crippen molar-refractivity contribution in [3.63, 3.8) is 0 Å². The summed E-state index contributed by atoms with van der Waals surface area (Å²) in [6.45, 7) is 2.80. The van der Waals surface area contributed by atoms with Crippen molar-refractivity contribution in [3.8, 4) is 0 Å². The van der Waals surface area contributed by atoms with Gasteiger partial charge in [0.05, 0.1) is 11.1 Å². The molecule has 3 amide bonds. The molecule has 1 N–H and O–H groups in total. The van der Waals surface area contributed by atoms with Crippen LogP contribution < -0.4 is 5.32 Å². The van der Waals surface area contributed by atoms with Gasteiger partial charge in [0.25, 0.3) is 17.7 Å². The molecule has 0 fully saturated rings. The summed E-state index contributed by atoms with van der Waals surface area (Å²) in [5.41, 5.74) is 0.527. The molecule has 0 spiro atoms. The molecule has 1 aliphatic rings. The molecule has 1 aliphatic heterocycles. The van der Waals surface area contributed by atoms with E-state index in [-0.39, 0.29) is 17.2 Å². The molecule has 23 heavy (non-hydrogen) atoms. The van der Waals surface area contributed by atoms with E-state index in [1.54, 1.807) is 12.1 Å². The lowest BCUT2D eigenvalue weighted by Crippen LogP contribution is -2.38. The van der Waals surface area contributed by atoms with Crippen LogP contribution in [0.5, 0.6) is 0 Å². The largest absolute Gasteiger partial charge is 0.454 e. The number of nitrogens with one attached hydrogen (secondary N) is 1. The second-order valence-electron chi connectivity index (χ2n) is 5.28. The molecule has 0 aliphatic carbocycles. The minimum atomic E-state index is -0.807. The van der Waals surface area contributed by atoms with Crippen LogP contribution in [0.25, 0.3) is 0 Å². The third-order valence-electron chi connectivity index (χ3n) is 3.55. The van der Waals surface area contributed by atoms with E-state index in [4.69, 9.17) is 4.74 Å². The number of imide groups is 1. The first-order valence-corrected chi connectivity index (χ1v) is 7.34. The summed E-state index contributed by atoms with van der Waals surface area (Å²) < 4.78 is 4.81. The summed E-state index contributed by atoms with van der Waals surface area (Å²) in [4.78, 5) is 48.3. The molecule has 1 aromatic carbocycles. The highest BCUT2D eigenvalue weighted by Crippen LogP contribution is 2.21. The van der Waals surface area contributed by atoms with E-state index in [0.29, 0.717) is 0 Å². The van der Waals surface area contributed by atoms with Gasteiger partial charge in [-0.05, 0) is 25.5 Å². The van der Waals surface area contributed by atoms with Crippen LogP contribution in [0.1, 0.15) is 41.0 Å². The number of nitrogens with zero attached hydrogens (tertiary/aromatic N) is 1. The van der Waals surface area contributed by atoms with Crippen LogP contribution in [-0.2, 0) is 14.3 Å². The van der Waals surface area contributed by atoms with Gasteiger partial charge in [-0.2, -0.15) is 0 Å². The van der Waals surface area contributed by atoms with E-state index in [1.165, 1.54) is 12.1 Å². The molecular formula is C16H18N2O5. The van der Waals surface area contributed by atoms with Crippen molar-refractivity contribution in [2.24, 2.45) is 0 Å². The first-order chi connectivity index (χ1) is 10.9. The summed E-state index contributed by atoms with van der Waals surface area (Å²) in [7, 11) is 0. The molecule has 0 radical (unpaired) electrons. The molecule has 0 aromatic heterocycles. The zero-order chi connectivity index (χ0) is 17.0. The van der Waals surface area contributed by atoms with Gasteiger partial charge in [-0.15, -0.1) is 0 Å². The van der Waals surface area contributed by atoms with Crippen LogP contribution in [0.15, 0.2) is 24.3 Å². The fraction of sp³-hybridized carbons (Fsp3) is 0.375. The molecule has 0 bridgehead atoms. The van der Waals surface area contributed by atoms with E-state index >= 15 is 0 Å². The summed E-state index contributed by atoms with van der Waals surface area (Å²) in [6.07, 6.45) is 0.759. The van der Waals surface area contributed by atoms with Gasteiger partial charge in [-0.25, -0.2) is 0 Å². The lowest BCUT2D eigenvalue weighted by molar-refractivity contribution is -0.148. The molecule has 1 atom stereocenters. The zero-order valence-corrected chi connectivity index (χ0v) is 13.0. The normalized spacial score (nSPS) is 14.4. The number of benzene rings is 1. The monoisotopic (exact) mass is 318 g/mol. The summed E-state index contributed by atoms with van der Waals surface area (Å²) >= 11 is 0. The predicted octanol–water partition coefficient (Wildman–Crippen LogP) is 0.740. The van der Waals surface area contributed by atoms with Gasteiger partial charge in [0, 0.05) is 6.04 Å². The number of carbonyl (C=O) groups is 4. The van der Waals surface area contributed by atoms with E-state index in [2.05, 4.69) is 5.32 Å². The van der Waals surface area contributed by atoms with Crippen LogP contribution in [0.3, 0.4) is 0 Å². The van der Waals surface area contributed by atoms with E-state index in [9.17, 15) is 19.2 Å². The van der Waals surface area contributed by atoms with Crippen LogP contribution in [0.2, 0.25) is 0 Å². The van der Waals surface area contributed by atoms with Crippen LogP contribution in [0.4, 0.5) is 0 Å². The van der Waals surface area contributed by atoms with Crippen molar-refractivity contribution in [3.05, 3.63) is 35.4 Å². The highest BCUT2D eigenvalue weighted by Gasteiger charge is 2.36. The predicted molar refractivity (Wildman–Crippen MR) is 80.7 cm³/mol. The Hall–Kier alpha value is -2.70. The number of amides is 3. The Morgan fingerprint density at radius 1 is 1.17 bits per heavy atom. The van der Waals surface area contributed by atoms with E-state index < -0.39 is 36.8 Å². The standard InChI is InChI=1S/C16H18N2O5/c1-3-10(2)17-13(19)9-23-14(20)8-18-15(21)11-6-4-5-7-12(11)16(18)22/h4-7,10H,3,8-9H2,1-2H3,(H,17,19)/t10-/m0/s1. The molecular weight excluding hydrogens is 300 g/mol. The number of hydrogen-bond donors (Lipinski definition) is 1. The SMILES string of the molecule is CC[C@H](C)NC(=O)COC(=O)CN1C(=O)c2ccccc2C1=O. The van der Waals surface area contributed by atoms with E-state index in [1.807, 2.05) is 13.8 Å². The highest BCUT2D eigenvalue weighted by molar-refractivity contribution is 6.22. The van der Waals surface area contributed by atoms with Crippen molar-refractivity contribution in [2.75, 3.05) is 13.2 Å². The molecule has 0 unspecified atom stereocenters. The first-order valence-electron chi connectivity index (χ1n) is 7.34. The third kappa shape index (κ3) is 3.74. The molecule has 1 heterocycles. The van der Waals surface area contributed by atoms with Crippen LogP contribution in [-0.4, -0.2) is 47.8 Å². The maximum absolute atomic E-state index is 12.1. The summed E-state index contributed by atoms with van der Waals surface area (Å²) in [5, 5.41) is 2.65. The molecule has 0 saturated carbocycles. The maximum atomic E-state index is 12.1. The average molecular weight is 318 g/mol. The van der Waals surface area contributed by atoms with Crippen LogP contribution in [0, 0.1) is 0 Å². The first kappa shape index (κ1) is 16.7. The highest BCUT2D eigenvalue weighted by atomic mass is 16.5. The lowest BCUT2D eigenvalue weighted by atomic mass is 10.1. The van der Waals surface area contributed by atoms with Gasteiger partial charge in [0.1, 0.15) is 6.54 Å². The van der Waals surface area contributed by atoms with Crippen molar-refractivity contribution >= 4 is 23.7 Å². The van der Waals surface area contributed by atoms with Gasteiger partial charge in [0.2, 0.25) is 0 Å². The molecule has 7 nitrogen and oxygen atoms in total. The fourth-order valence-corrected chi connectivity index (χ4v) is 2.12. The number of hydrogen-bond acceptors (Lipinski definition) is 5. The van der Waals surface area contributed by atoms with Crippen molar-refractivity contribution in [2.45, 2.75) is 26.3 Å². The summed E-state index contributed by atoms with van der Waals surface area (Å²) in [6, 6.07) is 6.33. The van der Waals surface area contributed by atoms with Crippen molar-refractivity contribution in [1.29, 1.82) is 0 Å². The number of rotatable bonds is 6.